The molecule has 3 aromatic rings. The van der Waals surface area contributed by atoms with E-state index < -0.39 is 0 Å². The fraction of sp³-hybridized carbons (Fsp3) is 0.130. The van der Waals surface area contributed by atoms with Crippen LogP contribution in [0.3, 0.4) is 0 Å². The highest BCUT2D eigenvalue weighted by molar-refractivity contribution is 6.04. The molecule has 2 N–H and O–H groups in total. The molecule has 2 amide bonds. The number of anilines is 1. The van der Waals surface area contributed by atoms with Gasteiger partial charge in [0.2, 0.25) is 0 Å². The monoisotopic (exact) mass is 374 g/mol. The second-order valence-electron chi connectivity index (χ2n) is 6.34. The van der Waals surface area contributed by atoms with Gasteiger partial charge in [0.1, 0.15) is 5.75 Å². The lowest BCUT2D eigenvalue weighted by molar-refractivity contribution is -0.123. The van der Waals surface area contributed by atoms with Gasteiger partial charge >= 0.3 is 0 Å². The summed E-state index contributed by atoms with van der Waals surface area (Å²) in [4.78, 5) is 24.2. The molecular formula is C23H22N2O3. The van der Waals surface area contributed by atoms with Crippen molar-refractivity contribution in [3.05, 3.63) is 95.6 Å². The van der Waals surface area contributed by atoms with E-state index in [9.17, 15) is 9.59 Å². The first-order valence-electron chi connectivity index (χ1n) is 9.02. The molecule has 0 atom stereocenters. The molecule has 0 radical (unpaired) electrons. The number of benzene rings is 3. The van der Waals surface area contributed by atoms with E-state index in [1.807, 2.05) is 61.5 Å². The predicted octanol–water partition coefficient (Wildman–Crippen LogP) is 3.94. The number of hydrogen-bond donors (Lipinski definition) is 2. The van der Waals surface area contributed by atoms with Crippen molar-refractivity contribution in [3.8, 4) is 5.75 Å². The van der Waals surface area contributed by atoms with Crippen LogP contribution in [0.15, 0.2) is 78.9 Å². The van der Waals surface area contributed by atoms with Crippen LogP contribution in [0.1, 0.15) is 21.5 Å². The minimum absolute atomic E-state index is 0.0818. The molecule has 3 aromatic carbocycles. The van der Waals surface area contributed by atoms with Crippen molar-refractivity contribution in [1.82, 2.24) is 5.32 Å². The summed E-state index contributed by atoms with van der Waals surface area (Å²) in [5.74, 6) is 0.133. The Morgan fingerprint density at radius 3 is 2.25 bits per heavy atom. The number of amides is 2. The van der Waals surface area contributed by atoms with Gasteiger partial charge in [0.15, 0.2) is 6.61 Å². The average molecular weight is 374 g/mol. The van der Waals surface area contributed by atoms with E-state index in [1.54, 1.807) is 24.3 Å². The summed E-state index contributed by atoms with van der Waals surface area (Å²) in [5.41, 5.74) is 3.32. The van der Waals surface area contributed by atoms with Crippen LogP contribution in [-0.4, -0.2) is 18.4 Å². The summed E-state index contributed by atoms with van der Waals surface area (Å²) in [6.07, 6.45) is 0. The van der Waals surface area contributed by atoms with E-state index in [0.717, 1.165) is 16.8 Å². The van der Waals surface area contributed by atoms with Gasteiger partial charge in [0.05, 0.1) is 0 Å². The number of aryl methyl sites for hydroxylation is 1. The molecule has 28 heavy (non-hydrogen) atoms. The summed E-state index contributed by atoms with van der Waals surface area (Å²) >= 11 is 0. The lowest BCUT2D eigenvalue weighted by atomic mass is 10.1. The molecule has 5 heteroatoms. The molecule has 3 rings (SSSR count). The highest BCUT2D eigenvalue weighted by atomic mass is 16.5. The molecule has 0 aromatic heterocycles. The van der Waals surface area contributed by atoms with Gasteiger partial charge in [-0.15, -0.1) is 0 Å². The Hall–Kier alpha value is -3.60. The van der Waals surface area contributed by atoms with E-state index >= 15 is 0 Å². The maximum absolute atomic E-state index is 12.3. The van der Waals surface area contributed by atoms with Crippen molar-refractivity contribution >= 4 is 17.5 Å². The standard InChI is InChI=1S/C23H22N2O3/c1-17-7-5-6-10-21(17)25-23(27)19-11-13-20(14-12-19)28-16-22(26)24-15-18-8-3-2-4-9-18/h2-14H,15-16H2,1H3,(H,24,26)(H,25,27). The molecule has 0 spiro atoms. The third-order valence-electron chi connectivity index (χ3n) is 4.21. The fourth-order valence-electron chi connectivity index (χ4n) is 2.61. The molecule has 0 saturated heterocycles. The first-order chi connectivity index (χ1) is 13.6. The van der Waals surface area contributed by atoms with Crippen LogP contribution in [0.2, 0.25) is 0 Å². The molecular weight excluding hydrogens is 352 g/mol. The highest BCUT2D eigenvalue weighted by Crippen LogP contribution is 2.16. The van der Waals surface area contributed by atoms with Crippen LogP contribution in [0.25, 0.3) is 0 Å². The van der Waals surface area contributed by atoms with Crippen LogP contribution in [-0.2, 0) is 11.3 Å². The summed E-state index contributed by atoms with van der Waals surface area (Å²) in [5, 5.41) is 5.69. The van der Waals surface area contributed by atoms with Crippen molar-refractivity contribution in [1.29, 1.82) is 0 Å². The number of carbonyl (C=O) groups is 2. The first kappa shape index (κ1) is 19.2. The third kappa shape index (κ3) is 5.45. The lowest BCUT2D eigenvalue weighted by Gasteiger charge is -2.10. The zero-order valence-corrected chi connectivity index (χ0v) is 15.6. The Morgan fingerprint density at radius 2 is 1.54 bits per heavy atom. The summed E-state index contributed by atoms with van der Waals surface area (Å²) in [7, 11) is 0. The van der Waals surface area contributed by atoms with E-state index in [-0.39, 0.29) is 18.4 Å². The second-order valence-corrected chi connectivity index (χ2v) is 6.34. The van der Waals surface area contributed by atoms with Gasteiger partial charge in [-0.05, 0) is 48.4 Å². The average Bonchev–Trinajstić information content (AvgIpc) is 2.73. The van der Waals surface area contributed by atoms with Gasteiger partial charge < -0.3 is 15.4 Å². The number of rotatable bonds is 7. The molecule has 0 fully saturated rings. The Labute approximate surface area is 164 Å². The van der Waals surface area contributed by atoms with E-state index in [4.69, 9.17) is 4.74 Å². The number of hydrogen-bond acceptors (Lipinski definition) is 3. The molecule has 0 heterocycles. The molecule has 0 bridgehead atoms. The number of nitrogens with one attached hydrogen (secondary N) is 2. The largest absolute Gasteiger partial charge is 0.484 e. The van der Waals surface area contributed by atoms with Crippen molar-refractivity contribution in [3.63, 3.8) is 0 Å². The smallest absolute Gasteiger partial charge is 0.258 e. The Kier molecular flexibility index (Phi) is 6.41. The summed E-state index contributed by atoms with van der Waals surface area (Å²) < 4.78 is 5.48. The molecule has 142 valence electrons. The van der Waals surface area contributed by atoms with E-state index in [1.165, 1.54) is 0 Å². The van der Waals surface area contributed by atoms with Gasteiger partial charge in [0, 0.05) is 17.8 Å². The summed E-state index contributed by atoms with van der Waals surface area (Å²) in [6, 6.07) is 24.0. The van der Waals surface area contributed by atoms with Crippen LogP contribution >= 0.6 is 0 Å². The fourth-order valence-corrected chi connectivity index (χ4v) is 2.61. The minimum Gasteiger partial charge on any atom is -0.484 e. The quantitative estimate of drug-likeness (QED) is 0.658. The number of carbonyl (C=O) groups excluding carboxylic acids is 2. The topological polar surface area (TPSA) is 67.4 Å². The van der Waals surface area contributed by atoms with Gasteiger partial charge in [0.25, 0.3) is 11.8 Å². The van der Waals surface area contributed by atoms with E-state index in [0.29, 0.717) is 17.9 Å². The maximum Gasteiger partial charge on any atom is 0.258 e. The zero-order valence-electron chi connectivity index (χ0n) is 15.6. The molecule has 0 saturated carbocycles. The van der Waals surface area contributed by atoms with Gasteiger partial charge in [-0.2, -0.15) is 0 Å². The normalized spacial score (nSPS) is 10.2. The molecule has 0 aliphatic rings. The van der Waals surface area contributed by atoms with Crippen molar-refractivity contribution < 1.29 is 14.3 Å². The Morgan fingerprint density at radius 1 is 0.857 bits per heavy atom. The Balaban J connectivity index is 1.48. The zero-order chi connectivity index (χ0) is 19.8. The van der Waals surface area contributed by atoms with Crippen LogP contribution in [0.5, 0.6) is 5.75 Å². The maximum atomic E-state index is 12.3. The lowest BCUT2D eigenvalue weighted by Crippen LogP contribution is -2.28. The molecule has 0 aliphatic carbocycles. The van der Waals surface area contributed by atoms with Gasteiger partial charge in [-0.25, -0.2) is 0 Å². The number of ether oxygens (including phenoxy) is 1. The SMILES string of the molecule is Cc1ccccc1NC(=O)c1ccc(OCC(=O)NCc2ccccc2)cc1. The molecule has 5 nitrogen and oxygen atoms in total. The molecule has 0 unspecified atom stereocenters. The predicted molar refractivity (Wildman–Crippen MR) is 109 cm³/mol. The van der Waals surface area contributed by atoms with Crippen molar-refractivity contribution in [2.24, 2.45) is 0 Å². The minimum atomic E-state index is -0.203. The van der Waals surface area contributed by atoms with Crippen molar-refractivity contribution in [2.45, 2.75) is 13.5 Å². The number of para-hydroxylation sites is 1. The first-order valence-corrected chi connectivity index (χ1v) is 9.02. The van der Waals surface area contributed by atoms with Gasteiger partial charge in [-0.3, -0.25) is 9.59 Å². The highest BCUT2D eigenvalue weighted by Gasteiger charge is 2.08. The third-order valence-corrected chi connectivity index (χ3v) is 4.21. The van der Waals surface area contributed by atoms with Crippen LogP contribution in [0, 0.1) is 6.92 Å². The van der Waals surface area contributed by atoms with E-state index in [2.05, 4.69) is 10.6 Å². The second kappa shape index (κ2) is 9.37. The van der Waals surface area contributed by atoms with Gasteiger partial charge in [-0.1, -0.05) is 48.5 Å². The Bertz CT molecular complexity index is 938. The van der Waals surface area contributed by atoms with Crippen molar-refractivity contribution in [2.75, 3.05) is 11.9 Å². The van der Waals surface area contributed by atoms with Crippen LogP contribution < -0.4 is 15.4 Å². The van der Waals surface area contributed by atoms with Crippen LogP contribution in [0.4, 0.5) is 5.69 Å². The molecule has 0 aliphatic heterocycles. The summed E-state index contributed by atoms with van der Waals surface area (Å²) in [6.45, 7) is 2.32.